The van der Waals surface area contributed by atoms with Gasteiger partial charge < -0.3 is 16.0 Å². The van der Waals surface area contributed by atoms with Gasteiger partial charge in [0, 0.05) is 12.2 Å². The highest BCUT2D eigenvalue weighted by atomic mass is 32.2. The number of rotatable bonds is 4. The first kappa shape index (κ1) is 11.8. The van der Waals surface area contributed by atoms with Crippen molar-refractivity contribution in [1.82, 2.24) is 15.3 Å². The summed E-state index contributed by atoms with van der Waals surface area (Å²) in [5.74, 6) is 0.376. The van der Waals surface area contributed by atoms with Gasteiger partial charge in [0.2, 0.25) is 5.91 Å². The van der Waals surface area contributed by atoms with E-state index in [2.05, 4.69) is 15.3 Å². The molecule has 1 amide bonds. The first-order valence-corrected chi connectivity index (χ1v) is 6.32. The largest absolute Gasteiger partial charge is 0.399 e. The number of hydrogen-bond acceptors (Lipinski definition) is 4. The third-order valence-corrected chi connectivity index (χ3v) is 3.07. The van der Waals surface area contributed by atoms with E-state index in [1.807, 2.05) is 19.1 Å². The molecule has 17 heavy (non-hydrogen) atoms. The molecule has 0 saturated heterocycles. The number of aromatic amines is 1. The van der Waals surface area contributed by atoms with Crippen molar-refractivity contribution in [2.45, 2.75) is 12.1 Å². The maximum Gasteiger partial charge on any atom is 0.230 e. The SMILES string of the molecule is CCNC(=O)CSc1nc2ccc(N)cc2[nH]1. The number of thioether (sulfide) groups is 1. The molecule has 0 aliphatic heterocycles. The Kier molecular flexibility index (Phi) is 3.53. The molecule has 5 nitrogen and oxygen atoms in total. The van der Waals surface area contributed by atoms with Gasteiger partial charge in [-0.3, -0.25) is 4.79 Å². The topological polar surface area (TPSA) is 83.8 Å². The number of benzene rings is 1. The zero-order chi connectivity index (χ0) is 12.3. The van der Waals surface area contributed by atoms with Crippen molar-refractivity contribution in [2.75, 3.05) is 18.0 Å². The first-order valence-electron chi connectivity index (χ1n) is 5.34. The van der Waals surface area contributed by atoms with Gasteiger partial charge in [-0.25, -0.2) is 4.98 Å². The highest BCUT2D eigenvalue weighted by molar-refractivity contribution is 7.99. The van der Waals surface area contributed by atoms with Crippen molar-refractivity contribution in [3.63, 3.8) is 0 Å². The predicted octanol–water partition coefficient (Wildman–Crippen LogP) is 1.37. The number of imidazole rings is 1. The number of carbonyl (C=O) groups is 1. The van der Waals surface area contributed by atoms with Crippen LogP contribution in [0.25, 0.3) is 11.0 Å². The van der Waals surface area contributed by atoms with Gasteiger partial charge in [-0.2, -0.15) is 0 Å². The zero-order valence-electron chi connectivity index (χ0n) is 9.49. The molecular weight excluding hydrogens is 236 g/mol. The van der Waals surface area contributed by atoms with Gasteiger partial charge in [0.05, 0.1) is 16.8 Å². The second-order valence-electron chi connectivity index (χ2n) is 3.56. The molecule has 0 aliphatic carbocycles. The molecule has 0 radical (unpaired) electrons. The van der Waals surface area contributed by atoms with Crippen molar-refractivity contribution < 1.29 is 4.79 Å². The predicted molar refractivity (Wildman–Crippen MR) is 69.9 cm³/mol. The van der Waals surface area contributed by atoms with E-state index in [0.29, 0.717) is 18.0 Å². The van der Waals surface area contributed by atoms with Crippen molar-refractivity contribution in [3.8, 4) is 0 Å². The number of carbonyl (C=O) groups excluding carboxylic acids is 1. The summed E-state index contributed by atoms with van der Waals surface area (Å²) < 4.78 is 0. The quantitative estimate of drug-likeness (QED) is 0.565. The number of aromatic nitrogens is 2. The van der Waals surface area contributed by atoms with Gasteiger partial charge in [0.25, 0.3) is 0 Å². The van der Waals surface area contributed by atoms with Crippen LogP contribution in [0.15, 0.2) is 23.4 Å². The summed E-state index contributed by atoms with van der Waals surface area (Å²) in [6, 6.07) is 5.50. The third-order valence-electron chi connectivity index (χ3n) is 2.20. The molecule has 4 N–H and O–H groups in total. The minimum Gasteiger partial charge on any atom is -0.399 e. The van der Waals surface area contributed by atoms with E-state index < -0.39 is 0 Å². The fourth-order valence-corrected chi connectivity index (χ4v) is 2.17. The molecule has 1 aromatic heterocycles. The highest BCUT2D eigenvalue weighted by Crippen LogP contribution is 2.20. The van der Waals surface area contributed by atoms with E-state index in [1.54, 1.807) is 6.07 Å². The Bertz CT molecular complexity index is 537. The summed E-state index contributed by atoms with van der Waals surface area (Å²) in [6.45, 7) is 2.54. The van der Waals surface area contributed by atoms with Crippen molar-refractivity contribution in [3.05, 3.63) is 18.2 Å². The summed E-state index contributed by atoms with van der Waals surface area (Å²) in [5, 5.41) is 3.47. The summed E-state index contributed by atoms with van der Waals surface area (Å²) >= 11 is 1.38. The first-order chi connectivity index (χ1) is 8.19. The number of fused-ring (bicyclic) bond motifs is 1. The van der Waals surface area contributed by atoms with Crippen LogP contribution < -0.4 is 11.1 Å². The molecule has 0 atom stereocenters. The number of nitrogens with one attached hydrogen (secondary N) is 2. The standard InChI is InChI=1S/C11H14N4OS/c1-2-13-10(16)6-17-11-14-8-4-3-7(12)5-9(8)15-11/h3-5H,2,6,12H2,1H3,(H,13,16)(H,14,15). The lowest BCUT2D eigenvalue weighted by Crippen LogP contribution is -2.24. The van der Waals surface area contributed by atoms with Gasteiger partial charge >= 0.3 is 0 Å². The van der Waals surface area contributed by atoms with Crippen LogP contribution >= 0.6 is 11.8 Å². The minimum absolute atomic E-state index is 0.0115. The molecular formula is C11H14N4OS. The van der Waals surface area contributed by atoms with Crippen LogP contribution in [0.5, 0.6) is 0 Å². The Hall–Kier alpha value is -1.69. The average Bonchev–Trinajstić information content (AvgIpc) is 2.68. The summed E-state index contributed by atoms with van der Waals surface area (Å²) in [4.78, 5) is 18.8. The van der Waals surface area contributed by atoms with Crippen LogP contribution in [0.1, 0.15) is 6.92 Å². The highest BCUT2D eigenvalue weighted by Gasteiger charge is 2.06. The zero-order valence-corrected chi connectivity index (χ0v) is 10.3. The Morgan fingerprint density at radius 2 is 2.41 bits per heavy atom. The van der Waals surface area contributed by atoms with E-state index >= 15 is 0 Å². The molecule has 0 aliphatic rings. The fraction of sp³-hybridized carbons (Fsp3) is 0.273. The van der Waals surface area contributed by atoms with Crippen LogP contribution in [-0.4, -0.2) is 28.2 Å². The van der Waals surface area contributed by atoms with Gasteiger partial charge in [-0.15, -0.1) is 0 Å². The number of amides is 1. The molecule has 0 fully saturated rings. The van der Waals surface area contributed by atoms with E-state index in [9.17, 15) is 4.79 Å². The molecule has 2 rings (SSSR count). The summed E-state index contributed by atoms with van der Waals surface area (Å²) in [7, 11) is 0. The molecule has 1 aromatic carbocycles. The number of hydrogen-bond donors (Lipinski definition) is 3. The van der Waals surface area contributed by atoms with Crippen LogP contribution in [0.3, 0.4) is 0 Å². The average molecular weight is 250 g/mol. The number of nitrogens with zero attached hydrogens (tertiary/aromatic N) is 1. The van der Waals surface area contributed by atoms with Crippen LogP contribution in [0.2, 0.25) is 0 Å². The normalized spacial score (nSPS) is 10.6. The molecule has 0 saturated carbocycles. The molecule has 6 heteroatoms. The maximum atomic E-state index is 11.3. The van der Waals surface area contributed by atoms with Crippen molar-refractivity contribution in [1.29, 1.82) is 0 Å². The lowest BCUT2D eigenvalue weighted by molar-refractivity contribution is -0.118. The van der Waals surface area contributed by atoms with Crippen LogP contribution in [-0.2, 0) is 4.79 Å². The molecule has 0 unspecified atom stereocenters. The maximum absolute atomic E-state index is 11.3. The number of nitrogens with two attached hydrogens (primary N) is 1. The van der Waals surface area contributed by atoms with E-state index in [-0.39, 0.29) is 5.91 Å². The lowest BCUT2D eigenvalue weighted by atomic mass is 10.3. The van der Waals surface area contributed by atoms with Crippen LogP contribution in [0, 0.1) is 0 Å². The van der Waals surface area contributed by atoms with E-state index in [4.69, 9.17) is 5.73 Å². The van der Waals surface area contributed by atoms with Crippen molar-refractivity contribution >= 4 is 34.4 Å². The number of H-pyrrole nitrogens is 1. The molecule has 0 spiro atoms. The van der Waals surface area contributed by atoms with Gasteiger partial charge in [0.15, 0.2) is 5.16 Å². The molecule has 1 heterocycles. The summed E-state index contributed by atoms with van der Waals surface area (Å²) in [5.41, 5.74) is 8.12. The Morgan fingerprint density at radius 1 is 1.59 bits per heavy atom. The Balaban J connectivity index is 2.07. The van der Waals surface area contributed by atoms with E-state index in [0.717, 1.165) is 16.2 Å². The smallest absolute Gasteiger partial charge is 0.230 e. The van der Waals surface area contributed by atoms with Gasteiger partial charge in [-0.1, -0.05) is 11.8 Å². The van der Waals surface area contributed by atoms with E-state index in [1.165, 1.54) is 11.8 Å². The minimum atomic E-state index is 0.0115. The summed E-state index contributed by atoms with van der Waals surface area (Å²) in [6.07, 6.45) is 0. The monoisotopic (exact) mass is 250 g/mol. The van der Waals surface area contributed by atoms with Crippen molar-refractivity contribution in [2.24, 2.45) is 0 Å². The van der Waals surface area contributed by atoms with Gasteiger partial charge in [0.1, 0.15) is 0 Å². The van der Waals surface area contributed by atoms with Crippen LogP contribution in [0.4, 0.5) is 5.69 Å². The Morgan fingerprint density at radius 3 is 3.18 bits per heavy atom. The molecule has 2 aromatic rings. The Labute approximate surface area is 103 Å². The second kappa shape index (κ2) is 5.09. The molecule has 0 bridgehead atoms. The second-order valence-corrected chi connectivity index (χ2v) is 4.52. The fourth-order valence-electron chi connectivity index (χ4n) is 1.45. The third kappa shape index (κ3) is 2.91. The van der Waals surface area contributed by atoms with Gasteiger partial charge in [-0.05, 0) is 25.1 Å². The lowest BCUT2D eigenvalue weighted by Gasteiger charge is -1.98. The molecule has 90 valence electrons. The number of anilines is 1. The number of nitrogen functional groups attached to an aromatic ring is 1.